The fraction of sp³-hybridized carbons (Fsp3) is 0.429. The molecule has 8 heteroatoms. The zero-order valence-corrected chi connectivity index (χ0v) is 9.13. The van der Waals surface area contributed by atoms with Crippen molar-refractivity contribution >= 4 is 21.8 Å². The molecule has 0 fully saturated rings. The van der Waals surface area contributed by atoms with Gasteiger partial charge in [-0.2, -0.15) is 8.42 Å². The lowest BCUT2D eigenvalue weighted by Gasteiger charge is -2.10. The maximum atomic E-state index is 11.9. The Morgan fingerprint density at radius 1 is 1.47 bits per heavy atom. The number of likely N-dealkylation sites (N-methyl/N-ethyl adjacent to an activating group) is 1. The van der Waals surface area contributed by atoms with E-state index < -0.39 is 26.7 Å². The SMILES string of the molecule is CC1=C(C(=O)N(C)C)S(=O)(=O)N=C1OF. The number of halogens is 1. The van der Waals surface area contributed by atoms with E-state index in [9.17, 15) is 17.7 Å². The number of amides is 1. The molecule has 0 spiro atoms. The molecule has 15 heavy (non-hydrogen) atoms. The highest BCUT2D eigenvalue weighted by Gasteiger charge is 2.37. The molecule has 0 aromatic carbocycles. The Kier molecular flexibility index (Phi) is 2.80. The van der Waals surface area contributed by atoms with Crippen LogP contribution in [-0.4, -0.2) is 39.2 Å². The predicted molar refractivity (Wildman–Crippen MR) is 49.9 cm³/mol. The van der Waals surface area contributed by atoms with Gasteiger partial charge in [0.2, 0.25) is 0 Å². The summed E-state index contributed by atoms with van der Waals surface area (Å²) in [7, 11) is -1.37. The first kappa shape index (κ1) is 11.6. The Labute approximate surface area is 86.0 Å². The van der Waals surface area contributed by atoms with E-state index in [-0.39, 0.29) is 5.57 Å². The van der Waals surface area contributed by atoms with Crippen LogP contribution in [0.25, 0.3) is 0 Å². The van der Waals surface area contributed by atoms with E-state index in [0.717, 1.165) is 4.90 Å². The van der Waals surface area contributed by atoms with E-state index in [1.165, 1.54) is 21.0 Å². The molecule has 1 aliphatic rings. The maximum Gasteiger partial charge on any atom is 0.291 e. The van der Waals surface area contributed by atoms with Gasteiger partial charge in [0.05, 0.1) is 0 Å². The molecule has 6 nitrogen and oxygen atoms in total. The maximum absolute atomic E-state index is 11.9. The molecule has 0 aliphatic carbocycles. The molecule has 1 amide bonds. The molecule has 84 valence electrons. The van der Waals surface area contributed by atoms with E-state index in [1.54, 1.807) is 0 Å². The standard InChI is InChI=1S/C7H9FN2O4S/c1-4-5(7(11)10(2)3)15(12,13)9-6(4)14-8/h1-3H3. The van der Waals surface area contributed by atoms with Gasteiger partial charge in [-0.15, -0.1) is 4.40 Å². The molecule has 1 heterocycles. The van der Waals surface area contributed by atoms with Crippen molar-refractivity contribution in [3.05, 3.63) is 10.5 Å². The lowest BCUT2D eigenvalue weighted by molar-refractivity contribution is -0.124. The third kappa shape index (κ3) is 1.84. The number of rotatable bonds is 1. The van der Waals surface area contributed by atoms with Crippen LogP contribution >= 0.6 is 0 Å². The zero-order valence-electron chi connectivity index (χ0n) is 8.31. The fourth-order valence-electron chi connectivity index (χ4n) is 1.06. The summed E-state index contributed by atoms with van der Waals surface area (Å²) in [6.07, 6.45) is 0. The topological polar surface area (TPSA) is 76.0 Å². The highest BCUT2D eigenvalue weighted by Crippen LogP contribution is 2.25. The molecule has 0 saturated carbocycles. The summed E-state index contributed by atoms with van der Waals surface area (Å²) in [4.78, 5) is 15.2. The summed E-state index contributed by atoms with van der Waals surface area (Å²) in [6, 6.07) is 0. The van der Waals surface area contributed by atoms with Crippen LogP contribution in [0.5, 0.6) is 0 Å². The smallest absolute Gasteiger partial charge is 0.291 e. The van der Waals surface area contributed by atoms with Crippen molar-refractivity contribution in [2.24, 2.45) is 4.40 Å². The highest BCUT2D eigenvalue weighted by molar-refractivity contribution is 7.95. The van der Waals surface area contributed by atoms with E-state index >= 15 is 0 Å². The molecule has 1 rings (SSSR count). The van der Waals surface area contributed by atoms with Gasteiger partial charge in [-0.05, 0) is 6.92 Å². The first-order valence-corrected chi connectivity index (χ1v) is 5.31. The quantitative estimate of drug-likeness (QED) is 0.641. The molecular weight excluding hydrogens is 227 g/mol. The molecule has 1 aliphatic heterocycles. The van der Waals surface area contributed by atoms with Crippen molar-refractivity contribution in [3.63, 3.8) is 0 Å². The minimum atomic E-state index is -4.13. The van der Waals surface area contributed by atoms with E-state index in [0.29, 0.717) is 0 Å². The minimum Gasteiger partial charge on any atom is -0.344 e. The van der Waals surface area contributed by atoms with Crippen molar-refractivity contribution in [3.8, 4) is 0 Å². The number of nitrogens with zero attached hydrogens (tertiary/aromatic N) is 2. The monoisotopic (exact) mass is 236 g/mol. The summed E-state index contributed by atoms with van der Waals surface area (Å²) in [5, 5.41) is 0. The average Bonchev–Trinajstić information content (AvgIpc) is 2.35. The number of hydrogen-bond acceptors (Lipinski definition) is 4. The van der Waals surface area contributed by atoms with Crippen LogP contribution in [0.2, 0.25) is 0 Å². The summed E-state index contributed by atoms with van der Waals surface area (Å²) in [5.41, 5.74) is -0.129. The van der Waals surface area contributed by atoms with Crippen LogP contribution in [0.15, 0.2) is 14.9 Å². The fourth-order valence-corrected chi connectivity index (χ4v) is 2.41. The normalized spacial score (nSPS) is 18.8. The Bertz CT molecular complexity index is 463. The third-order valence-corrected chi connectivity index (χ3v) is 3.20. The van der Waals surface area contributed by atoms with Gasteiger partial charge in [0.1, 0.15) is 0 Å². The van der Waals surface area contributed by atoms with Gasteiger partial charge in [-0.1, -0.05) is 0 Å². The molecule has 0 bridgehead atoms. The van der Waals surface area contributed by atoms with E-state index in [2.05, 4.69) is 9.34 Å². The van der Waals surface area contributed by atoms with Gasteiger partial charge < -0.3 is 4.90 Å². The largest absolute Gasteiger partial charge is 0.344 e. The van der Waals surface area contributed by atoms with E-state index in [1.807, 2.05) is 0 Å². The molecule has 0 aromatic heterocycles. The van der Waals surface area contributed by atoms with Crippen LogP contribution in [0.1, 0.15) is 6.92 Å². The van der Waals surface area contributed by atoms with Gasteiger partial charge in [0.25, 0.3) is 21.8 Å². The lowest BCUT2D eigenvalue weighted by Crippen LogP contribution is -2.26. The van der Waals surface area contributed by atoms with Gasteiger partial charge >= 0.3 is 0 Å². The molecule has 0 aromatic rings. The predicted octanol–water partition coefficient (Wildman–Crippen LogP) is -0.00840. The molecule has 0 radical (unpaired) electrons. The second-order valence-corrected chi connectivity index (χ2v) is 4.64. The molecule has 0 saturated heterocycles. The number of carbonyl (C=O) groups is 1. The van der Waals surface area contributed by atoms with Gasteiger partial charge in [-0.25, -0.2) is 0 Å². The van der Waals surface area contributed by atoms with Crippen LogP contribution in [0.4, 0.5) is 4.53 Å². The highest BCUT2D eigenvalue weighted by atomic mass is 32.2. The van der Waals surface area contributed by atoms with Gasteiger partial charge in [0, 0.05) is 24.2 Å². The molecule has 0 atom stereocenters. The number of hydrogen-bond donors (Lipinski definition) is 0. The average molecular weight is 236 g/mol. The summed E-state index contributed by atoms with van der Waals surface area (Å²) in [5.74, 6) is -1.46. The van der Waals surface area contributed by atoms with Crippen LogP contribution in [-0.2, 0) is 19.8 Å². The number of carbonyl (C=O) groups excluding carboxylic acids is 1. The Morgan fingerprint density at radius 3 is 2.33 bits per heavy atom. The Morgan fingerprint density at radius 2 is 2.00 bits per heavy atom. The van der Waals surface area contributed by atoms with E-state index in [4.69, 9.17) is 0 Å². The van der Waals surface area contributed by atoms with Gasteiger partial charge in [0.15, 0.2) is 4.91 Å². The zero-order chi connectivity index (χ0) is 11.8. The van der Waals surface area contributed by atoms with Crippen molar-refractivity contribution in [2.75, 3.05) is 14.1 Å². The summed E-state index contributed by atoms with van der Waals surface area (Å²) < 4.78 is 37.5. The Hall–Kier alpha value is -1.44. The summed E-state index contributed by atoms with van der Waals surface area (Å²) in [6.45, 7) is 1.25. The molecule has 0 N–H and O–H groups in total. The third-order valence-electron chi connectivity index (χ3n) is 1.80. The summed E-state index contributed by atoms with van der Waals surface area (Å²) >= 11 is 0. The first-order valence-electron chi connectivity index (χ1n) is 3.87. The van der Waals surface area contributed by atoms with Crippen molar-refractivity contribution in [1.29, 1.82) is 0 Å². The second-order valence-electron chi connectivity index (χ2n) is 3.10. The van der Waals surface area contributed by atoms with Crippen molar-refractivity contribution in [2.45, 2.75) is 6.92 Å². The van der Waals surface area contributed by atoms with Crippen molar-refractivity contribution < 1.29 is 22.7 Å². The second kappa shape index (κ2) is 3.61. The van der Waals surface area contributed by atoms with Crippen LogP contribution < -0.4 is 0 Å². The lowest BCUT2D eigenvalue weighted by atomic mass is 10.2. The van der Waals surface area contributed by atoms with Crippen LogP contribution in [0.3, 0.4) is 0 Å². The minimum absolute atomic E-state index is 0.129. The number of sulfonamides is 1. The molecule has 0 unspecified atom stereocenters. The molecular formula is C7H9FN2O4S. The first-order chi connectivity index (χ1) is 6.81. The van der Waals surface area contributed by atoms with Crippen LogP contribution in [0, 0.1) is 0 Å². The Balaban J connectivity index is 3.32. The van der Waals surface area contributed by atoms with Gasteiger partial charge in [-0.3, -0.25) is 9.74 Å². The van der Waals surface area contributed by atoms with Crippen molar-refractivity contribution in [1.82, 2.24) is 4.90 Å².